The van der Waals surface area contributed by atoms with Crippen LogP contribution in [0.1, 0.15) is 24.4 Å². The van der Waals surface area contributed by atoms with Crippen LogP contribution in [-0.4, -0.2) is 34.7 Å². The minimum Gasteiger partial charge on any atom is -0.393 e. The Balaban J connectivity index is 2.28. The first kappa shape index (κ1) is 13.9. The number of aliphatic hydroxyl groups excluding tert-OH is 1. The van der Waals surface area contributed by atoms with Crippen LogP contribution in [0.5, 0.6) is 0 Å². The zero-order valence-electron chi connectivity index (χ0n) is 10.1. The Morgan fingerprint density at radius 2 is 1.89 bits per heavy atom. The number of carbonyl (C=O) groups excluding carboxylic acids is 1. The van der Waals surface area contributed by atoms with Crippen LogP contribution in [0.4, 0.5) is 13.2 Å². The number of alkyl halides is 3. The van der Waals surface area contributed by atoms with Gasteiger partial charge in [0.25, 0.3) is 0 Å². The van der Waals surface area contributed by atoms with Crippen molar-refractivity contribution >= 4 is 5.91 Å². The predicted molar refractivity (Wildman–Crippen MR) is 62.2 cm³/mol. The van der Waals surface area contributed by atoms with Gasteiger partial charge in [-0.2, -0.15) is 13.2 Å². The molecule has 2 atom stereocenters. The first-order valence-corrected chi connectivity index (χ1v) is 6.00. The molecule has 1 aliphatic heterocycles. The normalized spacial score (nSPS) is 24.3. The van der Waals surface area contributed by atoms with Crippen LogP contribution in [0.2, 0.25) is 0 Å². The second kappa shape index (κ2) is 5.21. The minimum atomic E-state index is -4.88. The third-order valence-electron chi connectivity index (χ3n) is 3.26. The van der Waals surface area contributed by atoms with Crippen molar-refractivity contribution in [2.75, 3.05) is 6.54 Å². The van der Waals surface area contributed by atoms with Crippen LogP contribution in [0.25, 0.3) is 0 Å². The molecule has 19 heavy (non-hydrogen) atoms. The van der Waals surface area contributed by atoms with E-state index < -0.39 is 24.2 Å². The Labute approximate surface area is 108 Å². The predicted octanol–water partition coefficient (Wildman–Crippen LogP) is 2.27. The quantitative estimate of drug-likeness (QED) is 0.852. The number of aliphatic hydroxyl groups is 1. The summed E-state index contributed by atoms with van der Waals surface area (Å²) in [5, 5.41) is 9.62. The molecule has 1 heterocycles. The van der Waals surface area contributed by atoms with Crippen molar-refractivity contribution in [2.45, 2.75) is 31.2 Å². The van der Waals surface area contributed by atoms with Crippen molar-refractivity contribution < 1.29 is 23.1 Å². The molecule has 1 saturated heterocycles. The van der Waals surface area contributed by atoms with E-state index in [1.807, 2.05) is 0 Å². The van der Waals surface area contributed by atoms with Gasteiger partial charge >= 0.3 is 12.1 Å². The molecule has 2 rings (SSSR count). The Bertz CT molecular complexity index is 447. The fourth-order valence-corrected chi connectivity index (χ4v) is 2.34. The van der Waals surface area contributed by atoms with Crippen molar-refractivity contribution in [2.24, 2.45) is 0 Å². The first-order chi connectivity index (χ1) is 8.89. The highest BCUT2D eigenvalue weighted by Gasteiger charge is 2.46. The van der Waals surface area contributed by atoms with E-state index in [-0.39, 0.29) is 19.4 Å². The van der Waals surface area contributed by atoms with Gasteiger partial charge in [-0.3, -0.25) is 4.79 Å². The molecule has 1 N–H and O–H groups in total. The van der Waals surface area contributed by atoms with Crippen molar-refractivity contribution in [3.63, 3.8) is 0 Å². The molecule has 3 nitrogen and oxygen atoms in total. The molecule has 1 aliphatic rings. The van der Waals surface area contributed by atoms with Gasteiger partial charge in [-0.25, -0.2) is 0 Å². The molecule has 0 aliphatic carbocycles. The molecular weight excluding hydrogens is 259 g/mol. The van der Waals surface area contributed by atoms with Gasteiger partial charge in [-0.05, 0) is 18.4 Å². The summed E-state index contributed by atoms with van der Waals surface area (Å²) < 4.78 is 37.7. The smallest absolute Gasteiger partial charge is 0.393 e. The lowest BCUT2D eigenvalue weighted by Gasteiger charge is -2.38. The standard InChI is InChI=1S/C13H14F3NO2/c14-13(15,16)12(19)17-7-6-10(18)8-11(17)9-4-2-1-3-5-9/h1-5,10-11,18H,6-8H2/t10-,11+/m0/s1. The van der Waals surface area contributed by atoms with Crippen molar-refractivity contribution in [1.29, 1.82) is 0 Å². The fraction of sp³-hybridized carbons (Fsp3) is 0.462. The van der Waals surface area contributed by atoms with Gasteiger partial charge in [0.15, 0.2) is 0 Å². The highest BCUT2D eigenvalue weighted by Crippen LogP contribution is 2.34. The molecule has 1 aromatic rings. The summed E-state index contributed by atoms with van der Waals surface area (Å²) in [6.45, 7) is -0.0843. The lowest BCUT2D eigenvalue weighted by molar-refractivity contribution is -0.190. The number of piperidine rings is 1. The molecule has 104 valence electrons. The summed E-state index contributed by atoms with van der Waals surface area (Å²) in [6, 6.07) is 7.76. The summed E-state index contributed by atoms with van der Waals surface area (Å²) in [5.41, 5.74) is 0.610. The fourth-order valence-electron chi connectivity index (χ4n) is 2.34. The van der Waals surface area contributed by atoms with Crippen LogP contribution >= 0.6 is 0 Å². The van der Waals surface area contributed by atoms with Gasteiger partial charge < -0.3 is 10.0 Å². The number of carbonyl (C=O) groups is 1. The second-order valence-corrected chi connectivity index (χ2v) is 4.60. The van der Waals surface area contributed by atoms with Gasteiger partial charge in [0.1, 0.15) is 0 Å². The molecular formula is C13H14F3NO2. The Kier molecular flexibility index (Phi) is 3.80. The van der Waals surface area contributed by atoms with Crippen molar-refractivity contribution in [1.82, 2.24) is 4.90 Å². The molecule has 1 fully saturated rings. The molecule has 0 spiro atoms. The van der Waals surface area contributed by atoms with E-state index in [0.717, 1.165) is 4.90 Å². The Morgan fingerprint density at radius 1 is 1.26 bits per heavy atom. The van der Waals surface area contributed by atoms with Gasteiger partial charge in [-0.15, -0.1) is 0 Å². The van der Waals surface area contributed by atoms with E-state index in [0.29, 0.717) is 5.56 Å². The summed E-state index contributed by atoms with van der Waals surface area (Å²) in [7, 11) is 0. The van der Waals surface area contributed by atoms with Gasteiger partial charge in [0.05, 0.1) is 12.1 Å². The number of nitrogens with zero attached hydrogens (tertiary/aromatic N) is 1. The van der Waals surface area contributed by atoms with Crippen molar-refractivity contribution in [3.05, 3.63) is 35.9 Å². The monoisotopic (exact) mass is 273 g/mol. The third-order valence-corrected chi connectivity index (χ3v) is 3.26. The van der Waals surface area contributed by atoms with Crippen LogP contribution in [0.3, 0.4) is 0 Å². The van der Waals surface area contributed by atoms with Crippen LogP contribution < -0.4 is 0 Å². The number of rotatable bonds is 1. The highest BCUT2D eigenvalue weighted by molar-refractivity contribution is 5.82. The number of hydrogen-bond donors (Lipinski definition) is 1. The van der Waals surface area contributed by atoms with E-state index in [4.69, 9.17) is 0 Å². The number of hydrogen-bond acceptors (Lipinski definition) is 2. The third kappa shape index (κ3) is 3.07. The maximum atomic E-state index is 12.6. The summed E-state index contributed by atoms with van der Waals surface area (Å²) >= 11 is 0. The zero-order valence-corrected chi connectivity index (χ0v) is 10.1. The van der Waals surface area contributed by atoms with E-state index in [1.54, 1.807) is 30.3 Å². The number of halogens is 3. The SMILES string of the molecule is O=C(N1CC[C@H](O)C[C@@H]1c1ccccc1)C(F)(F)F. The molecule has 0 aromatic heterocycles. The molecule has 0 radical (unpaired) electrons. The van der Waals surface area contributed by atoms with E-state index in [9.17, 15) is 23.1 Å². The molecule has 0 unspecified atom stereocenters. The Morgan fingerprint density at radius 3 is 2.47 bits per heavy atom. The molecule has 0 bridgehead atoms. The molecule has 0 saturated carbocycles. The van der Waals surface area contributed by atoms with E-state index in [1.165, 1.54) is 0 Å². The highest BCUT2D eigenvalue weighted by atomic mass is 19.4. The number of benzene rings is 1. The van der Waals surface area contributed by atoms with Crippen LogP contribution in [-0.2, 0) is 4.79 Å². The van der Waals surface area contributed by atoms with Gasteiger partial charge in [0.2, 0.25) is 0 Å². The average Bonchev–Trinajstić information content (AvgIpc) is 2.38. The molecule has 1 aromatic carbocycles. The largest absolute Gasteiger partial charge is 0.471 e. The van der Waals surface area contributed by atoms with E-state index in [2.05, 4.69) is 0 Å². The van der Waals surface area contributed by atoms with Crippen LogP contribution in [0.15, 0.2) is 30.3 Å². The lowest BCUT2D eigenvalue weighted by Crippen LogP contribution is -2.48. The molecule has 1 amide bonds. The minimum absolute atomic E-state index is 0.0843. The van der Waals surface area contributed by atoms with Crippen LogP contribution in [0, 0.1) is 0 Å². The maximum Gasteiger partial charge on any atom is 0.471 e. The van der Waals surface area contributed by atoms with Crippen molar-refractivity contribution in [3.8, 4) is 0 Å². The zero-order chi connectivity index (χ0) is 14.0. The first-order valence-electron chi connectivity index (χ1n) is 6.00. The second-order valence-electron chi connectivity index (χ2n) is 4.60. The lowest BCUT2D eigenvalue weighted by atomic mass is 9.93. The number of likely N-dealkylation sites (tertiary alicyclic amines) is 1. The van der Waals surface area contributed by atoms with Gasteiger partial charge in [-0.1, -0.05) is 30.3 Å². The number of amides is 1. The summed E-state index contributed by atoms with van der Waals surface area (Å²) in [4.78, 5) is 12.2. The topological polar surface area (TPSA) is 40.5 Å². The Hall–Kier alpha value is -1.56. The van der Waals surface area contributed by atoms with Gasteiger partial charge in [0, 0.05) is 6.54 Å². The summed E-state index contributed by atoms with van der Waals surface area (Å²) in [6.07, 6.45) is -5.26. The summed E-state index contributed by atoms with van der Waals surface area (Å²) in [5.74, 6) is -1.84. The average molecular weight is 273 g/mol. The molecule has 6 heteroatoms. The van der Waals surface area contributed by atoms with E-state index >= 15 is 0 Å². The maximum absolute atomic E-state index is 12.6.